The molecule has 0 aliphatic rings. The van der Waals surface area contributed by atoms with Crippen molar-refractivity contribution < 1.29 is 0 Å². The molecule has 0 amide bonds. The Morgan fingerprint density at radius 2 is 1.60 bits per heavy atom. The molecule has 0 spiro atoms. The van der Waals surface area contributed by atoms with Crippen molar-refractivity contribution >= 4 is 0 Å². The molecule has 0 aliphatic heterocycles. The highest BCUT2D eigenvalue weighted by Gasteiger charge is 2.02. The molecule has 0 fully saturated rings. The molecule has 0 bridgehead atoms. The smallest absolute Gasteiger partial charge is 0.0349 e. The first-order valence-electron chi connectivity index (χ1n) is 5.16. The van der Waals surface area contributed by atoms with E-state index in [4.69, 9.17) is 0 Å². The van der Waals surface area contributed by atoms with Gasteiger partial charge in [-0.05, 0) is 38.0 Å². The SMILES string of the molecule is Cc1cc(C)cc(-c2cnccc2C)c1. The van der Waals surface area contributed by atoms with Crippen LogP contribution in [0.4, 0.5) is 0 Å². The molecule has 0 unspecified atom stereocenters. The Morgan fingerprint density at radius 1 is 0.933 bits per heavy atom. The van der Waals surface area contributed by atoms with E-state index >= 15 is 0 Å². The predicted molar refractivity (Wildman–Crippen MR) is 63.9 cm³/mol. The molecule has 15 heavy (non-hydrogen) atoms. The highest BCUT2D eigenvalue weighted by Crippen LogP contribution is 2.24. The molecule has 0 N–H and O–H groups in total. The summed E-state index contributed by atoms with van der Waals surface area (Å²) in [4.78, 5) is 4.18. The summed E-state index contributed by atoms with van der Waals surface area (Å²) < 4.78 is 0. The third kappa shape index (κ3) is 2.07. The van der Waals surface area contributed by atoms with Gasteiger partial charge in [-0.3, -0.25) is 4.98 Å². The van der Waals surface area contributed by atoms with Crippen LogP contribution in [-0.2, 0) is 0 Å². The number of hydrogen-bond acceptors (Lipinski definition) is 1. The van der Waals surface area contributed by atoms with Crippen LogP contribution < -0.4 is 0 Å². The molecule has 1 heteroatoms. The van der Waals surface area contributed by atoms with Crippen LogP contribution in [0.5, 0.6) is 0 Å². The van der Waals surface area contributed by atoms with E-state index in [1.807, 2.05) is 18.5 Å². The lowest BCUT2D eigenvalue weighted by atomic mass is 9.99. The molecule has 0 atom stereocenters. The fourth-order valence-corrected chi connectivity index (χ4v) is 1.90. The number of nitrogens with zero attached hydrogens (tertiary/aromatic N) is 1. The molecule has 76 valence electrons. The molecule has 1 heterocycles. The molecule has 2 rings (SSSR count). The Kier molecular flexibility index (Phi) is 2.55. The van der Waals surface area contributed by atoms with Gasteiger partial charge in [0.25, 0.3) is 0 Å². The summed E-state index contributed by atoms with van der Waals surface area (Å²) >= 11 is 0. The fourth-order valence-electron chi connectivity index (χ4n) is 1.90. The minimum absolute atomic E-state index is 1.23. The van der Waals surface area contributed by atoms with Gasteiger partial charge in [-0.15, -0.1) is 0 Å². The second kappa shape index (κ2) is 3.85. The molecule has 2 aromatic rings. The van der Waals surface area contributed by atoms with Crippen molar-refractivity contribution in [3.8, 4) is 11.1 Å². The van der Waals surface area contributed by atoms with E-state index < -0.39 is 0 Å². The maximum absolute atomic E-state index is 4.18. The fraction of sp³-hybridized carbons (Fsp3) is 0.214. The summed E-state index contributed by atoms with van der Waals surface area (Å²) in [6, 6.07) is 8.65. The van der Waals surface area contributed by atoms with E-state index in [2.05, 4.69) is 44.0 Å². The number of rotatable bonds is 1. The van der Waals surface area contributed by atoms with Crippen LogP contribution >= 0.6 is 0 Å². The monoisotopic (exact) mass is 197 g/mol. The first-order valence-corrected chi connectivity index (χ1v) is 5.16. The summed E-state index contributed by atoms with van der Waals surface area (Å²) in [7, 11) is 0. The maximum atomic E-state index is 4.18. The summed E-state index contributed by atoms with van der Waals surface area (Å²) in [5, 5.41) is 0. The molecule has 0 radical (unpaired) electrons. The molecule has 1 nitrogen and oxygen atoms in total. The lowest BCUT2D eigenvalue weighted by molar-refractivity contribution is 1.28. The lowest BCUT2D eigenvalue weighted by Crippen LogP contribution is -1.87. The number of pyridine rings is 1. The van der Waals surface area contributed by atoms with Gasteiger partial charge >= 0.3 is 0 Å². The van der Waals surface area contributed by atoms with Gasteiger partial charge in [0.05, 0.1) is 0 Å². The lowest BCUT2D eigenvalue weighted by Gasteiger charge is -2.07. The zero-order valence-electron chi connectivity index (χ0n) is 9.41. The van der Waals surface area contributed by atoms with Gasteiger partial charge in [0.2, 0.25) is 0 Å². The van der Waals surface area contributed by atoms with E-state index in [9.17, 15) is 0 Å². The first kappa shape index (κ1) is 9.91. The summed E-state index contributed by atoms with van der Waals surface area (Å²) in [6.45, 7) is 6.37. The molecule has 1 aromatic heterocycles. The Balaban J connectivity index is 2.59. The predicted octanol–water partition coefficient (Wildman–Crippen LogP) is 3.67. The Bertz CT molecular complexity index is 466. The third-order valence-corrected chi connectivity index (χ3v) is 2.57. The molecule has 0 aliphatic carbocycles. The quantitative estimate of drug-likeness (QED) is 0.679. The Labute approximate surface area is 90.8 Å². The van der Waals surface area contributed by atoms with Gasteiger partial charge in [0.1, 0.15) is 0 Å². The van der Waals surface area contributed by atoms with E-state index in [1.54, 1.807) is 0 Å². The van der Waals surface area contributed by atoms with Crippen molar-refractivity contribution in [1.29, 1.82) is 0 Å². The normalized spacial score (nSPS) is 10.3. The molecular formula is C14H15N. The topological polar surface area (TPSA) is 12.9 Å². The van der Waals surface area contributed by atoms with Crippen LogP contribution in [0, 0.1) is 20.8 Å². The van der Waals surface area contributed by atoms with E-state index in [0.717, 1.165) is 0 Å². The highest BCUT2D eigenvalue weighted by molar-refractivity contribution is 5.67. The van der Waals surface area contributed by atoms with Gasteiger partial charge in [0, 0.05) is 18.0 Å². The van der Waals surface area contributed by atoms with Gasteiger partial charge in [-0.2, -0.15) is 0 Å². The van der Waals surface area contributed by atoms with Crippen molar-refractivity contribution in [2.24, 2.45) is 0 Å². The standard InChI is InChI=1S/C14H15N/c1-10-6-11(2)8-13(7-10)14-9-15-5-4-12(14)3/h4-9H,1-3H3. The van der Waals surface area contributed by atoms with Crippen molar-refractivity contribution in [1.82, 2.24) is 4.98 Å². The second-order valence-corrected chi connectivity index (χ2v) is 4.07. The van der Waals surface area contributed by atoms with E-state index in [-0.39, 0.29) is 0 Å². The maximum Gasteiger partial charge on any atom is 0.0349 e. The average molecular weight is 197 g/mol. The van der Waals surface area contributed by atoms with E-state index in [1.165, 1.54) is 27.8 Å². The second-order valence-electron chi connectivity index (χ2n) is 4.07. The molecule has 0 saturated heterocycles. The van der Waals surface area contributed by atoms with Gasteiger partial charge in [-0.25, -0.2) is 0 Å². The van der Waals surface area contributed by atoms with Crippen molar-refractivity contribution in [3.05, 3.63) is 53.3 Å². The van der Waals surface area contributed by atoms with Crippen molar-refractivity contribution in [2.45, 2.75) is 20.8 Å². The first-order chi connectivity index (χ1) is 7.16. The zero-order valence-corrected chi connectivity index (χ0v) is 9.41. The molecular weight excluding hydrogens is 182 g/mol. The number of aryl methyl sites for hydroxylation is 3. The average Bonchev–Trinajstić information content (AvgIpc) is 2.16. The Hall–Kier alpha value is -1.63. The van der Waals surface area contributed by atoms with Crippen LogP contribution in [0.3, 0.4) is 0 Å². The molecule has 0 saturated carbocycles. The number of aromatic nitrogens is 1. The van der Waals surface area contributed by atoms with Crippen LogP contribution in [0.15, 0.2) is 36.7 Å². The third-order valence-electron chi connectivity index (χ3n) is 2.57. The largest absolute Gasteiger partial charge is 0.264 e. The summed E-state index contributed by atoms with van der Waals surface area (Å²) in [5.74, 6) is 0. The summed E-state index contributed by atoms with van der Waals surface area (Å²) in [5.41, 5.74) is 6.36. The zero-order chi connectivity index (χ0) is 10.8. The van der Waals surface area contributed by atoms with E-state index in [0.29, 0.717) is 0 Å². The van der Waals surface area contributed by atoms with Crippen LogP contribution in [0.1, 0.15) is 16.7 Å². The van der Waals surface area contributed by atoms with Gasteiger partial charge in [0.15, 0.2) is 0 Å². The minimum Gasteiger partial charge on any atom is -0.264 e. The van der Waals surface area contributed by atoms with Crippen molar-refractivity contribution in [3.63, 3.8) is 0 Å². The highest BCUT2D eigenvalue weighted by atomic mass is 14.6. The minimum atomic E-state index is 1.23. The molecule has 1 aromatic carbocycles. The Morgan fingerprint density at radius 3 is 2.20 bits per heavy atom. The van der Waals surface area contributed by atoms with Crippen LogP contribution in [0.25, 0.3) is 11.1 Å². The number of hydrogen-bond donors (Lipinski definition) is 0. The number of benzene rings is 1. The van der Waals surface area contributed by atoms with Crippen molar-refractivity contribution in [2.75, 3.05) is 0 Å². The van der Waals surface area contributed by atoms with Gasteiger partial charge < -0.3 is 0 Å². The van der Waals surface area contributed by atoms with Crippen LogP contribution in [-0.4, -0.2) is 4.98 Å². The van der Waals surface area contributed by atoms with Gasteiger partial charge in [-0.1, -0.05) is 29.3 Å². The summed E-state index contributed by atoms with van der Waals surface area (Å²) in [6.07, 6.45) is 3.77. The van der Waals surface area contributed by atoms with Crippen LogP contribution in [0.2, 0.25) is 0 Å².